The molecule has 0 bridgehead atoms. The summed E-state index contributed by atoms with van der Waals surface area (Å²) in [6.45, 7) is 6.65. The van der Waals surface area contributed by atoms with Crippen molar-refractivity contribution >= 4 is 5.91 Å². The SMILES string of the molecule is COc1ccc(CCN(C)C(C)=O)cc1C(C)C. The number of methoxy groups -OCH3 is 1. The molecule has 1 rings (SSSR count). The van der Waals surface area contributed by atoms with E-state index in [4.69, 9.17) is 4.74 Å². The van der Waals surface area contributed by atoms with Crippen LogP contribution in [0.15, 0.2) is 18.2 Å². The minimum Gasteiger partial charge on any atom is -0.496 e. The third-order valence-corrected chi connectivity index (χ3v) is 3.19. The molecule has 0 aliphatic heterocycles. The van der Waals surface area contributed by atoms with Crippen molar-refractivity contribution in [1.29, 1.82) is 0 Å². The summed E-state index contributed by atoms with van der Waals surface area (Å²) in [5.74, 6) is 1.48. The minimum atomic E-state index is 0.104. The molecule has 0 N–H and O–H groups in total. The Balaban J connectivity index is 2.79. The van der Waals surface area contributed by atoms with Crippen molar-refractivity contribution in [2.24, 2.45) is 0 Å². The van der Waals surface area contributed by atoms with Crippen molar-refractivity contribution in [3.05, 3.63) is 29.3 Å². The molecule has 1 aromatic carbocycles. The van der Waals surface area contributed by atoms with Crippen LogP contribution in [0.1, 0.15) is 37.8 Å². The van der Waals surface area contributed by atoms with Gasteiger partial charge < -0.3 is 9.64 Å². The van der Waals surface area contributed by atoms with Crippen LogP contribution in [0.4, 0.5) is 0 Å². The van der Waals surface area contributed by atoms with E-state index < -0.39 is 0 Å². The zero-order valence-corrected chi connectivity index (χ0v) is 12.0. The lowest BCUT2D eigenvalue weighted by molar-refractivity contribution is -0.127. The third kappa shape index (κ3) is 3.76. The third-order valence-electron chi connectivity index (χ3n) is 3.19. The van der Waals surface area contributed by atoms with Crippen LogP contribution >= 0.6 is 0 Å². The first kappa shape index (κ1) is 14.6. The molecular formula is C15H23NO2. The molecule has 100 valence electrons. The Bertz CT molecular complexity index is 413. The number of benzene rings is 1. The molecule has 0 fully saturated rings. The normalized spacial score (nSPS) is 10.6. The van der Waals surface area contributed by atoms with E-state index in [1.807, 2.05) is 13.1 Å². The Labute approximate surface area is 110 Å². The van der Waals surface area contributed by atoms with Crippen LogP contribution < -0.4 is 4.74 Å². The highest BCUT2D eigenvalue weighted by Gasteiger charge is 2.09. The molecule has 0 aliphatic rings. The molecule has 3 heteroatoms. The Morgan fingerprint density at radius 2 is 2.06 bits per heavy atom. The van der Waals surface area contributed by atoms with Crippen LogP contribution in [0.2, 0.25) is 0 Å². The first-order valence-electron chi connectivity index (χ1n) is 6.34. The predicted octanol–water partition coefficient (Wildman–Crippen LogP) is 2.84. The van der Waals surface area contributed by atoms with Crippen molar-refractivity contribution in [2.75, 3.05) is 20.7 Å². The maximum Gasteiger partial charge on any atom is 0.219 e. The van der Waals surface area contributed by atoms with Crippen molar-refractivity contribution in [3.8, 4) is 5.75 Å². The number of ether oxygens (including phenoxy) is 1. The van der Waals surface area contributed by atoms with E-state index >= 15 is 0 Å². The molecule has 0 spiro atoms. The Morgan fingerprint density at radius 1 is 1.39 bits per heavy atom. The van der Waals surface area contributed by atoms with E-state index in [1.165, 1.54) is 11.1 Å². The van der Waals surface area contributed by atoms with E-state index in [1.54, 1.807) is 18.9 Å². The number of hydrogen-bond donors (Lipinski definition) is 0. The minimum absolute atomic E-state index is 0.104. The van der Waals surface area contributed by atoms with Crippen LogP contribution in [0, 0.1) is 0 Å². The highest BCUT2D eigenvalue weighted by molar-refractivity contribution is 5.72. The van der Waals surface area contributed by atoms with Gasteiger partial charge in [-0.15, -0.1) is 0 Å². The molecule has 0 heterocycles. The number of carbonyl (C=O) groups excluding carboxylic acids is 1. The summed E-state index contributed by atoms with van der Waals surface area (Å²) < 4.78 is 5.36. The molecule has 0 radical (unpaired) electrons. The van der Waals surface area contributed by atoms with Gasteiger partial charge in [0.1, 0.15) is 5.75 Å². The molecule has 1 amide bonds. The van der Waals surface area contributed by atoms with Crippen LogP contribution in [0.25, 0.3) is 0 Å². The Hall–Kier alpha value is -1.51. The summed E-state index contributed by atoms with van der Waals surface area (Å²) in [4.78, 5) is 12.9. The van der Waals surface area contributed by atoms with Gasteiger partial charge >= 0.3 is 0 Å². The second kappa shape index (κ2) is 6.43. The predicted molar refractivity (Wildman–Crippen MR) is 74.1 cm³/mol. The van der Waals surface area contributed by atoms with Crippen LogP contribution in [-0.4, -0.2) is 31.5 Å². The zero-order valence-electron chi connectivity index (χ0n) is 12.0. The van der Waals surface area contributed by atoms with Gasteiger partial charge in [0.15, 0.2) is 0 Å². The van der Waals surface area contributed by atoms with Gasteiger partial charge in [-0.1, -0.05) is 26.0 Å². The van der Waals surface area contributed by atoms with Crippen molar-refractivity contribution in [3.63, 3.8) is 0 Å². The average Bonchev–Trinajstić information content (AvgIpc) is 2.35. The van der Waals surface area contributed by atoms with Crippen molar-refractivity contribution < 1.29 is 9.53 Å². The molecule has 0 saturated carbocycles. The van der Waals surface area contributed by atoms with Crippen molar-refractivity contribution in [2.45, 2.75) is 33.1 Å². The lowest BCUT2D eigenvalue weighted by Gasteiger charge is -2.16. The molecule has 1 aromatic rings. The fourth-order valence-corrected chi connectivity index (χ4v) is 1.84. The summed E-state index contributed by atoms with van der Waals surface area (Å²) in [7, 11) is 3.53. The molecule has 0 aromatic heterocycles. The number of amides is 1. The number of hydrogen-bond acceptors (Lipinski definition) is 2. The molecule has 18 heavy (non-hydrogen) atoms. The van der Waals surface area contributed by atoms with Gasteiger partial charge in [-0.2, -0.15) is 0 Å². The van der Waals surface area contributed by atoms with Crippen LogP contribution in [0.5, 0.6) is 5.75 Å². The van der Waals surface area contributed by atoms with Gasteiger partial charge in [-0.3, -0.25) is 4.79 Å². The Kier molecular flexibility index (Phi) is 5.20. The summed E-state index contributed by atoms with van der Waals surface area (Å²) in [6, 6.07) is 6.26. The lowest BCUT2D eigenvalue weighted by atomic mass is 9.98. The molecule has 0 aliphatic carbocycles. The summed E-state index contributed by atoms with van der Waals surface area (Å²) >= 11 is 0. The first-order valence-corrected chi connectivity index (χ1v) is 6.34. The lowest BCUT2D eigenvalue weighted by Crippen LogP contribution is -2.26. The standard InChI is InChI=1S/C15H23NO2/c1-11(2)14-10-13(6-7-15(14)18-5)8-9-16(4)12(3)17/h6-7,10-11H,8-9H2,1-5H3. The fourth-order valence-electron chi connectivity index (χ4n) is 1.84. The highest BCUT2D eigenvalue weighted by atomic mass is 16.5. The van der Waals surface area contributed by atoms with Gasteiger partial charge in [0.2, 0.25) is 5.91 Å². The van der Waals surface area contributed by atoms with Gasteiger partial charge in [-0.05, 0) is 29.5 Å². The molecule has 0 unspecified atom stereocenters. The summed E-state index contributed by atoms with van der Waals surface area (Å²) in [5.41, 5.74) is 2.47. The molecular weight excluding hydrogens is 226 g/mol. The number of nitrogens with zero attached hydrogens (tertiary/aromatic N) is 1. The fraction of sp³-hybridized carbons (Fsp3) is 0.533. The molecule has 0 saturated heterocycles. The number of likely N-dealkylation sites (N-methyl/N-ethyl adjacent to an activating group) is 1. The maximum absolute atomic E-state index is 11.1. The topological polar surface area (TPSA) is 29.5 Å². The van der Waals surface area contributed by atoms with Crippen LogP contribution in [0.3, 0.4) is 0 Å². The van der Waals surface area contributed by atoms with E-state index in [-0.39, 0.29) is 5.91 Å². The van der Waals surface area contributed by atoms with E-state index in [0.717, 1.165) is 18.7 Å². The van der Waals surface area contributed by atoms with E-state index in [9.17, 15) is 4.79 Å². The summed E-state index contributed by atoms with van der Waals surface area (Å²) in [6.07, 6.45) is 0.875. The number of rotatable bonds is 5. The quantitative estimate of drug-likeness (QED) is 0.803. The average molecular weight is 249 g/mol. The number of carbonyl (C=O) groups is 1. The molecule has 0 atom stereocenters. The van der Waals surface area contributed by atoms with Gasteiger partial charge in [-0.25, -0.2) is 0 Å². The maximum atomic E-state index is 11.1. The second-order valence-electron chi connectivity index (χ2n) is 4.92. The largest absolute Gasteiger partial charge is 0.496 e. The van der Waals surface area contributed by atoms with Crippen LogP contribution in [-0.2, 0) is 11.2 Å². The zero-order chi connectivity index (χ0) is 13.7. The van der Waals surface area contributed by atoms with E-state index in [0.29, 0.717) is 5.92 Å². The second-order valence-corrected chi connectivity index (χ2v) is 4.92. The van der Waals surface area contributed by atoms with Gasteiger partial charge in [0, 0.05) is 20.5 Å². The summed E-state index contributed by atoms with van der Waals surface area (Å²) in [5, 5.41) is 0. The monoisotopic (exact) mass is 249 g/mol. The van der Waals surface area contributed by atoms with Crippen molar-refractivity contribution in [1.82, 2.24) is 4.90 Å². The smallest absolute Gasteiger partial charge is 0.219 e. The first-order chi connectivity index (χ1) is 8.45. The van der Waals surface area contributed by atoms with Gasteiger partial charge in [0.05, 0.1) is 7.11 Å². The molecule has 3 nitrogen and oxygen atoms in total. The highest BCUT2D eigenvalue weighted by Crippen LogP contribution is 2.27. The Morgan fingerprint density at radius 3 is 2.56 bits per heavy atom. The van der Waals surface area contributed by atoms with Gasteiger partial charge in [0.25, 0.3) is 0 Å². The van der Waals surface area contributed by atoms with E-state index in [2.05, 4.69) is 26.0 Å².